The summed E-state index contributed by atoms with van der Waals surface area (Å²) in [4.78, 5) is 14.6. The van der Waals surface area contributed by atoms with Crippen LogP contribution in [0.15, 0.2) is 27.6 Å². The maximum Gasteiger partial charge on any atom is 0.381 e. The summed E-state index contributed by atoms with van der Waals surface area (Å²) in [6.07, 6.45) is 1.25. The van der Waals surface area contributed by atoms with Crippen molar-refractivity contribution in [3.05, 3.63) is 28.8 Å². The summed E-state index contributed by atoms with van der Waals surface area (Å²) in [6.45, 7) is 0. The molecule has 2 N–H and O–H groups in total. The van der Waals surface area contributed by atoms with Crippen molar-refractivity contribution in [2.45, 2.75) is 0 Å². The van der Waals surface area contributed by atoms with Gasteiger partial charge in [0.25, 0.3) is 0 Å². The van der Waals surface area contributed by atoms with Crippen molar-refractivity contribution in [1.29, 1.82) is 0 Å². The molecule has 4 nitrogen and oxygen atoms in total. The van der Waals surface area contributed by atoms with Crippen LogP contribution in [0.4, 0.5) is 0 Å². The van der Waals surface area contributed by atoms with Gasteiger partial charge in [0, 0.05) is 0 Å². The van der Waals surface area contributed by atoms with Gasteiger partial charge in [-0.15, -0.1) is 0 Å². The summed E-state index contributed by atoms with van der Waals surface area (Å²) in [7, 11) is 0. The van der Waals surface area contributed by atoms with E-state index in [0.29, 0.717) is 0 Å². The average Bonchev–Trinajstić information content (AvgIpc) is 1.89. The monoisotopic (exact) mass is 127 g/mol. The minimum absolute atomic E-state index is 0.0116. The zero-order valence-electron chi connectivity index (χ0n) is 4.53. The Kier molecular flexibility index (Phi) is 1.51. The lowest BCUT2D eigenvalue weighted by Gasteiger charge is -1.90. The SMILES string of the molecule is NOc1cccoc1=O. The van der Waals surface area contributed by atoms with Gasteiger partial charge in [-0.3, -0.25) is 0 Å². The van der Waals surface area contributed by atoms with E-state index in [0.717, 1.165) is 0 Å². The highest BCUT2D eigenvalue weighted by Crippen LogP contribution is 1.96. The Morgan fingerprint density at radius 3 is 2.89 bits per heavy atom. The Morgan fingerprint density at radius 2 is 2.44 bits per heavy atom. The van der Waals surface area contributed by atoms with E-state index in [4.69, 9.17) is 5.90 Å². The smallest absolute Gasteiger partial charge is 0.381 e. The second-order valence-corrected chi connectivity index (χ2v) is 1.38. The van der Waals surface area contributed by atoms with Crippen LogP contribution in [0.25, 0.3) is 0 Å². The van der Waals surface area contributed by atoms with E-state index >= 15 is 0 Å². The third kappa shape index (κ3) is 1.09. The molecule has 1 aromatic rings. The molecule has 0 amide bonds. The summed E-state index contributed by atoms with van der Waals surface area (Å²) < 4.78 is 4.39. The molecule has 0 saturated heterocycles. The van der Waals surface area contributed by atoms with Gasteiger partial charge in [-0.25, -0.2) is 4.79 Å². The van der Waals surface area contributed by atoms with E-state index < -0.39 is 5.63 Å². The molecule has 0 spiro atoms. The Morgan fingerprint density at radius 1 is 1.67 bits per heavy atom. The zero-order valence-corrected chi connectivity index (χ0v) is 4.53. The highest BCUT2D eigenvalue weighted by Gasteiger charge is 1.95. The van der Waals surface area contributed by atoms with Gasteiger partial charge in [0.05, 0.1) is 6.26 Å². The molecule has 0 saturated carbocycles. The number of nitrogens with two attached hydrogens (primary N) is 1. The molecule has 4 heteroatoms. The van der Waals surface area contributed by atoms with Gasteiger partial charge in [0.2, 0.25) is 5.75 Å². The van der Waals surface area contributed by atoms with E-state index in [1.54, 1.807) is 0 Å². The standard InChI is InChI=1S/C5H5NO3/c6-9-4-2-1-3-8-5(4)7/h1-3H,6H2. The van der Waals surface area contributed by atoms with Crippen LogP contribution in [0.3, 0.4) is 0 Å². The molecule has 1 aromatic heterocycles. The first-order valence-electron chi connectivity index (χ1n) is 2.29. The van der Waals surface area contributed by atoms with Crippen LogP contribution < -0.4 is 16.4 Å². The Balaban J connectivity index is 3.16. The molecule has 1 heterocycles. The van der Waals surface area contributed by atoms with Crippen molar-refractivity contribution < 1.29 is 9.25 Å². The topological polar surface area (TPSA) is 65.5 Å². The molecular formula is C5H5NO3. The predicted molar refractivity (Wildman–Crippen MR) is 29.8 cm³/mol. The van der Waals surface area contributed by atoms with E-state index in [1.807, 2.05) is 0 Å². The van der Waals surface area contributed by atoms with Gasteiger partial charge in [-0.2, -0.15) is 5.90 Å². The minimum Gasteiger partial charge on any atom is -0.429 e. The normalized spacial score (nSPS) is 9.00. The summed E-state index contributed by atoms with van der Waals surface area (Å²) in [5.41, 5.74) is -0.569. The Labute approximate surface area is 50.8 Å². The van der Waals surface area contributed by atoms with E-state index in [9.17, 15) is 4.79 Å². The molecular weight excluding hydrogens is 122 g/mol. The maximum atomic E-state index is 10.5. The summed E-state index contributed by atoms with van der Waals surface area (Å²) in [6, 6.07) is 2.94. The average molecular weight is 127 g/mol. The molecule has 0 bridgehead atoms. The number of hydrogen-bond acceptors (Lipinski definition) is 4. The van der Waals surface area contributed by atoms with Crippen LogP contribution >= 0.6 is 0 Å². The fraction of sp³-hybridized carbons (Fsp3) is 0. The van der Waals surface area contributed by atoms with Crippen LogP contribution in [0.5, 0.6) is 5.75 Å². The van der Waals surface area contributed by atoms with Gasteiger partial charge in [0.1, 0.15) is 0 Å². The summed E-state index contributed by atoms with van der Waals surface area (Å²) in [5, 5.41) is 0. The lowest BCUT2D eigenvalue weighted by atomic mass is 10.5. The third-order valence-electron chi connectivity index (χ3n) is 0.829. The molecule has 0 aromatic carbocycles. The van der Waals surface area contributed by atoms with Crippen LogP contribution in [-0.2, 0) is 0 Å². The molecule has 0 aliphatic carbocycles. The second kappa shape index (κ2) is 2.32. The zero-order chi connectivity index (χ0) is 6.69. The van der Waals surface area contributed by atoms with Gasteiger partial charge >= 0.3 is 5.63 Å². The largest absolute Gasteiger partial charge is 0.429 e. The van der Waals surface area contributed by atoms with Crippen LogP contribution in [0.2, 0.25) is 0 Å². The van der Waals surface area contributed by atoms with Crippen molar-refractivity contribution in [2.75, 3.05) is 0 Å². The van der Waals surface area contributed by atoms with E-state index in [2.05, 4.69) is 9.25 Å². The highest BCUT2D eigenvalue weighted by molar-refractivity contribution is 5.12. The fourth-order valence-electron chi connectivity index (χ4n) is 0.441. The third-order valence-corrected chi connectivity index (χ3v) is 0.829. The van der Waals surface area contributed by atoms with Gasteiger partial charge < -0.3 is 9.25 Å². The molecule has 0 fully saturated rings. The van der Waals surface area contributed by atoms with Crippen molar-refractivity contribution in [3.63, 3.8) is 0 Å². The molecule has 0 aliphatic rings. The van der Waals surface area contributed by atoms with Gasteiger partial charge in [-0.1, -0.05) is 0 Å². The molecule has 48 valence electrons. The lowest BCUT2D eigenvalue weighted by molar-refractivity contribution is 0.311. The van der Waals surface area contributed by atoms with Crippen LogP contribution in [0.1, 0.15) is 0 Å². The first-order valence-corrected chi connectivity index (χ1v) is 2.29. The maximum absolute atomic E-state index is 10.5. The number of hydrogen-bond donors (Lipinski definition) is 1. The Hall–Kier alpha value is -1.29. The second-order valence-electron chi connectivity index (χ2n) is 1.38. The predicted octanol–water partition coefficient (Wildman–Crippen LogP) is -0.108. The summed E-state index contributed by atoms with van der Waals surface area (Å²) >= 11 is 0. The Bertz CT molecular complexity index is 242. The first kappa shape index (κ1) is 5.84. The lowest BCUT2D eigenvalue weighted by Crippen LogP contribution is -2.10. The van der Waals surface area contributed by atoms with Crippen LogP contribution in [0, 0.1) is 0 Å². The van der Waals surface area contributed by atoms with Crippen LogP contribution in [-0.4, -0.2) is 0 Å². The van der Waals surface area contributed by atoms with E-state index in [-0.39, 0.29) is 5.75 Å². The van der Waals surface area contributed by atoms with Crippen molar-refractivity contribution >= 4 is 0 Å². The molecule has 0 unspecified atom stereocenters. The van der Waals surface area contributed by atoms with Crippen molar-refractivity contribution in [1.82, 2.24) is 0 Å². The highest BCUT2D eigenvalue weighted by atomic mass is 16.6. The molecule has 0 aliphatic heterocycles. The molecule has 0 atom stereocenters. The number of rotatable bonds is 1. The molecule has 0 radical (unpaired) electrons. The van der Waals surface area contributed by atoms with Crippen molar-refractivity contribution in [2.24, 2.45) is 5.90 Å². The molecule has 1 rings (SSSR count). The first-order chi connectivity index (χ1) is 4.34. The van der Waals surface area contributed by atoms with Crippen molar-refractivity contribution in [3.8, 4) is 5.75 Å². The molecule has 9 heavy (non-hydrogen) atoms. The minimum atomic E-state index is -0.569. The van der Waals surface area contributed by atoms with Gasteiger partial charge in [0.15, 0.2) is 0 Å². The summed E-state index contributed by atoms with van der Waals surface area (Å²) in [5.74, 6) is 4.70. The fourth-order valence-corrected chi connectivity index (χ4v) is 0.441. The van der Waals surface area contributed by atoms with Gasteiger partial charge in [-0.05, 0) is 12.1 Å². The van der Waals surface area contributed by atoms with E-state index in [1.165, 1.54) is 18.4 Å². The quantitative estimate of drug-likeness (QED) is 0.534.